The molecule has 0 spiro atoms. The standard InChI is InChI=1S/C12H16N2O3/c1-7-8(2)17-10-4-3-5-13-11(10)9(7)6-14-12(15)16/h3-5,7-9,14H,6H2,1-2H3,(H,15,16)/t7-,8-,9+/m1/s1. The minimum absolute atomic E-state index is 0.0612. The highest BCUT2D eigenvalue weighted by Crippen LogP contribution is 2.37. The van der Waals surface area contributed by atoms with Gasteiger partial charge in [-0.1, -0.05) is 6.92 Å². The molecule has 5 nitrogen and oxygen atoms in total. The van der Waals surface area contributed by atoms with E-state index in [0.29, 0.717) is 6.54 Å². The maximum atomic E-state index is 10.6. The summed E-state index contributed by atoms with van der Waals surface area (Å²) in [4.78, 5) is 14.9. The Kier molecular flexibility index (Phi) is 3.17. The number of carbonyl (C=O) groups is 1. The van der Waals surface area contributed by atoms with Crippen molar-refractivity contribution in [1.82, 2.24) is 10.3 Å². The van der Waals surface area contributed by atoms with Crippen LogP contribution in [0.5, 0.6) is 5.75 Å². The highest BCUT2D eigenvalue weighted by molar-refractivity contribution is 5.64. The van der Waals surface area contributed by atoms with Gasteiger partial charge in [0.15, 0.2) is 0 Å². The first kappa shape index (κ1) is 11.7. The van der Waals surface area contributed by atoms with Gasteiger partial charge in [-0.3, -0.25) is 4.98 Å². The number of nitrogens with zero attached hydrogens (tertiary/aromatic N) is 1. The molecule has 1 aliphatic rings. The van der Waals surface area contributed by atoms with E-state index in [1.807, 2.05) is 19.1 Å². The van der Waals surface area contributed by atoms with Crippen molar-refractivity contribution in [3.05, 3.63) is 24.0 Å². The number of hydrogen-bond donors (Lipinski definition) is 2. The number of nitrogens with one attached hydrogen (secondary N) is 1. The van der Waals surface area contributed by atoms with Crippen molar-refractivity contribution in [3.63, 3.8) is 0 Å². The molecule has 0 bridgehead atoms. The highest BCUT2D eigenvalue weighted by atomic mass is 16.5. The predicted octanol–water partition coefficient (Wildman–Crippen LogP) is 1.85. The minimum Gasteiger partial charge on any atom is -0.488 e. The summed E-state index contributed by atoms with van der Waals surface area (Å²) in [6.45, 7) is 4.42. The fraction of sp³-hybridized carbons (Fsp3) is 0.500. The zero-order valence-electron chi connectivity index (χ0n) is 9.88. The van der Waals surface area contributed by atoms with E-state index in [1.54, 1.807) is 6.20 Å². The third kappa shape index (κ3) is 2.33. The summed E-state index contributed by atoms with van der Waals surface area (Å²) in [6, 6.07) is 3.70. The number of aromatic nitrogens is 1. The normalized spacial score (nSPS) is 26.8. The van der Waals surface area contributed by atoms with Crippen LogP contribution in [0.4, 0.5) is 4.79 Å². The van der Waals surface area contributed by atoms with E-state index in [2.05, 4.69) is 17.2 Å². The zero-order chi connectivity index (χ0) is 12.4. The van der Waals surface area contributed by atoms with Crippen LogP contribution in [0.2, 0.25) is 0 Å². The summed E-state index contributed by atoms with van der Waals surface area (Å²) >= 11 is 0. The van der Waals surface area contributed by atoms with E-state index in [-0.39, 0.29) is 17.9 Å². The number of fused-ring (bicyclic) bond motifs is 1. The molecule has 2 rings (SSSR count). The van der Waals surface area contributed by atoms with Gasteiger partial charge in [0, 0.05) is 24.6 Å². The smallest absolute Gasteiger partial charge is 0.404 e. The van der Waals surface area contributed by atoms with Crippen LogP contribution in [0.3, 0.4) is 0 Å². The molecule has 0 saturated carbocycles. The van der Waals surface area contributed by atoms with Gasteiger partial charge in [-0.05, 0) is 19.1 Å². The van der Waals surface area contributed by atoms with E-state index in [1.165, 1.54) is 0 Å². The Hall–Kier alpha value is -1.78. The average molecular weight is 236 g/mol. The number of hydrogen-bond acceptors (Lipinski definition) is 3. The maximum Gasteiger partial charge on any atom is 0.404 e. The predicted molar refractivity (Wildman–Crippen MR) is 62.3 cm³/mol. The van der Waals surface area contributed by atoms with Crippen molar-refractivity contribution in [2.45, 2.75) is 25.9 Å². The van der Waals surface area contributed by atoms with Crippen LogP contribution in [0.25, 0.3) is 0 Å². The van der Waals surface area contributed by atoms with Crippen molar-refractivity contribution < 1.29 is 14.6 Å². The molecular formula is C12H16N2O3. The van der Waals surface area contributed by atoms with Crippen molar-refractivity contribution in [2.75, 3.05) is 6.54 Å². The number of ether oxygens (including phenoxy) is 1. The highest BCUT2D eigenvalue weighted by Gasteiger charge is 2.34. The third-order valence-electron chi connectivity index (χ3n) is 3.31. The number of pyridine rings is 1. The largest absolute Gasteiger partial charge is 0.488 e. The monoisotopic (exact) mass is 236 g/mol. The van der Waals surface area contributed by atoms with Crippen molar-refractivity contribution in [3.8, 4) is 5.75 Å². The van der Waals surface area contributed by atoms with Gasteiger partial charge in [-0.15, -0.1) is 0 Å². The van der Waals surface area contributed by atoms with Gasteiger partial charge < -0.3 is 15.2 Å². The van der Waals surface area contributed by atoms with Crippen molar-refractivity contribution >= 4 is 6.09 Å². The molecule has 5 heteroatoms. The Morgan fingerprint density at radius 2 is 2.35 bits per heavy atom. The Balaban J connectivity index is 2.25. The lowest BCUT2D eigenvalue weighted by atomic mass is 9.84. The van der Waals surface area contributed by atoms with Gasteiger partial charge in [0.25, 0.3) is 0 Å². The molecule has 1 aliphatic heterocycles. The molecule has 2 heterocycles. The van der Waals surface area contributed by atoms with Crippen molar-refractivity contribution in [2.24, 2.45) is 5.92 Å². The lowest BCUT2D eigenvalue weighted by molar-refractivity contribution is 0.113. The van der Waals surface area contributed by atoms with Crippen LogP contribution in [-0.2, 0) is 0 Å². The maximum absolute atomic E-state index is 10.6. The van der Waals surface area contributed by atoms with Gasteiger partial charge >= 0.3 is 6.09 Å². The van der Waals surface area contributed by atoms with Crippen LogP contribution in [0.1, 0.15) is 25.5 Å². The summed E-state index contributed by atoms with van der Waals surface area (Å²) in [6.07, 6.45) is 0.764. The molecule has 17 heavy (non-hydrogen) atoms. The van der Waals surface area contributed by atoms with Gasteiger partial charge in [0.05, 0.1) is 11.8 Å². The second-order valence-corrected chi connectivity index (χ2v) is 4.36. The minimum atomic E-state index is -1.01. The van der Waals surface area contributed by atoms with Gasteiger partial charge in [0.1, 0.15) is 5.75 Å². The molecule has 0 radical (unpaired) electrons. The molecule has 0 aromatic carbocycles. The van der Waals surface area contributed by atoms with E-state index in [4.69, 9.17) is 9.84 Å². The molecule has 1 aromatic heterocycles. The SMILES string of the molecule is C[C@H]1[C@H](CNC(=O)O)c2ncccc2O[C@@H]1C. The molecule has 0 aliphatic carbocycles. The molecule has 0 saturated heterocycles. The van der Waals surface area contributed by atoms with Crippen LogP contribution in [0, 0.1) is 5.92 Å². The molecule has 92 valence electrons. The third-order valence-corrected chi connectivity index (χ3v) is 3.31. The second-order valence-electron chi connectivity index (χ2n) is 4.36. The van der Waals surface area contributed by atoms with Crippen molar-refractivity contribution in [1.29, 1.82) is 0 Å². The van der Waals surface area contributed by atoms with Gasteiger partial charge in [0.2, 0.25) is 0 Å². The summed E-state index contributed by atoms with van der Waals surface area (Å²) in [5.41, 5.74) is 0.840. The topological polar surface area (TPSA) is 71.5 Å². The average Bonchev–Trinajstić information content (AvgIpc) is 2.29. The van der Waals surface area contributed by atoms with Gasteiger partial charge in [-0.2, -0.15) is 0 Å². The van der Waals surface area contributed by atoms with Crippen LogP contribution >= 0.6 is 0 Å². The fourth-order valence-electron chi connectivity index (χ4n) is 2.14. The van der Waals surface area contributed by atoms with Crippen LogP contribution in [0.15, 0.2) is 18.3 Å². The molecule has 0 fully saturated rings. The Labute approximate surface area is 99.8 Å². The molecule has 1 amide bonds. The first-order valence-electron chi connectivity index (χ1n) is 5.68. The first-order valence-corrected chi connectivity index (χ1v) is 5.68. The lowest BCUT2D eigenvalue weighted by Gasteiger charge is -2.35. The molecule has 1 aromatic rings. The van der Waals surface area contributed by atoms with Crippen LogP contribution < -0.4 is 10.1 Å². The Bertz CT molecular complexity index is 422. The lowest BCUT2D eigenvalue weighted by Crippen LogP contribution is -2.38. The van der Waals surface area contributed by atoms with E-state index in [9.17, 15) is 4.79 Å². The summed E-state index contributed by atoms with van der Waals surface area (Å²) in [5.74, 6) is 1.05. The quantitative estimate of drug-likeness (QED) is 0.822. The molecule has 2 N–H and O–H groups in total. The first-order chi connectivity index (χ1) is 8.09. The van der Waals surface area contributed by atoms with E-state index in [0.717, 1.165) is 11.4 Å². The summed E-state index contributed by atoms with van der Waals surface area (Å²) < 4.78 is 5.74. The number of carboxylic acid groups (broad SMARTS) is 1. The summed E-state index contributed by atoms with van der Waals surface area (Å²) in [7, 11) is 0. The van der Waals surface area contributed by atoms with Gasteiger partial charge in [-0.25, -0.2) is 4.79 Å². The summed E-state index contributed by atoms with van der Waals surface area (Å²) in [5, 5.41) is 11.1. The molecular weight excluding hydrogens is 220 g/mol. The number of rotatable bonds is 2. The zero-order valence-corrected chi connectivity index (χ0v) is 9.88. The van der Waals surface area contributed by atoms with E-state index < -0.39 is 6.09 Å². The Morgan fingerprint density at radius 3 is 3.06 bits per heavy atom. The van der Waals surface area contributed by atoms with Crippen LogP contribution in [-0.4, -0.2) is 28.8 Å². The molecule has 3 atom stereocenters. The fourth-order valence-corrected chi connectivity index (χ4v) is 2.14. The second kappa shape index (κ2) is 4.61. The molecule has 0 unspecified atom stereocenters. The number of amides is 1. The van der Waals surface area contributed by atoms with E-state index >= 15 is 0 Å². The Morgan fingerprint density at radius 1 is 1.59 bits per heavy atom.